The molecule has 1 unspecified atom stereocenters. The van der Waals surface area contributed by atoms with Crippen molar-refractivity contribution in [2.24, 2.45) is 11.7 Å². The molecule has 1 atom stereocenters. The smallest absolute Gasteiger partial charge is 0.239 e. The van der Waals surface area contributed by atoms with Crippen LogP contribution in [0.2, 0.25) is 0 Å². The van der Waals surface area contributed by atoms with Gasteiger partial charge in [0.2, 0.25) is 5.91 Å². The van der Waals surface area contributed by atoms with Crippen LogP contribution >= 0.6 is 0 Å². The van der Waals surface area contributed by atoms with Gasteiger partial charge >= 0.3 is 0 Å². The molecule has 0 saturated heterocycles. The average Bonchev–Trinajstić information content (AvgIpc) is 2.76. The lowest BCUT2D eigenvalue weighted by atomic mass is 10.1. The Balaban J connectivity index is 2.65. The molecule has 0 radical (unpaired) electrons. The zero-order valence-electron chi connectivity index (χ0n) is 10.9. The summed E-state index contributed by atoms with van der Waals surface area (Å²) >= 11 is 0. The fourth-order valence-corrected chi connectivity index (χ4v) is 2.42. The van der Waals surface area contributed by atoms with E-state index < -0.39 is 0 Å². The first-order valence-electron chi connectivity index (χ1n) is 6.62. The third-order valence-corrected chi connectivity index (χ3v) is 3.37. The van der Waals surface area contributed by atoms with Gasteiger partial charge in [-0.1, -0.05) is 33.6 Å². The summed E-state index contributed by atoms with van der Waals surface area (Å²) in [6.07, 6.45) is 5.58. The van der Waals surface area contributed by atoms with Crippen LogP contribution < -0.4 is 5.73 Å². The van der Waals surface area contributed by atoms with Gasteiger partial charge < -0.3 is 10.6 Å². The largest absolute Gasteiger partial charge is 0.338 e. The van der Waals surface area contributed by atoms with Crippen molar-refractivity contribution in [3.8, 4) is 0 Å². The molecule has 16 heavy (non-hydrogen) atoms. The SMILES string of the molecule is CCC(N)C(=O)N(CC(C)C)C1CCCC1. The first-order chi connectivity index (χ1) is 7.56. The predicted octanol–water partition coefficient (Wildman–Crippen LogP) is 2.15. The molecule has 1 amide bonds. The second-order valence-electron chi connectivity index (χ2n) is 5.34. The van der Waals surface area contributed by atoms with Crippen molar-refractivity contribution in [3.63, 3.8) is 0 Å². The number of rotatable bonds is 5. The molecule has 3 heteroatoms. The van der Waals surface area contributed by atoms with E-state index >= 15 is 0 Å². The van der Waals surface area contributed by atoms with Gasteiger partial charge in [0.15, 0.2) is 0 Å². The van der Waals surface area contributed by atoms with Gasteiger partial charge in [0.05, 0.1) is 6.04 Å². The van der Waals surface area contributed by atoms with Crippen molar-refractivity contribution < 1.29 is 4.79 Å². The summed E-state index contributed by atoms with van der Waals surface area (Å²) in [5, 5.41) is 0. The number of nitrogens with two attached hydrogens (primary N) is 1. The third-order valence-electron chi connectivity index (χ3n) is 3.37. The first kappa shape index (κ1) is 13.5. The van der Waals surface area contributed by atoms with Crippen molar-refractivity contribution in [1.29, 1.82) is 0 Å². The fourth-order valence-electron chi connectivity index (χ4n) is 2.42. The maximum Gasteiger partial charge on any atom is 0.239 e. The Morgan fingerprint density at radius 3 is 2.38 bits per heavy atom. The minimum Gasteiger partial charge on any atom is -0.338 e. The van der Waals surface area contributed by atoms with Crippen LogP contribution in [0, 0.1) is 5.92 Å². The van der Waals surface area contributed by atoms with Crippen LogP contribution in [0.5, 0.6) is 0 Å². The fraction of sp³-hybridized carbons (Fsp3) is 0.923. The second kappa shape index (κ2) is 6.24. The molecule has 1 saturated carbocycles. The third kappa shape index (κ3) is 3.48. The van der Waals surface area contributed by atoms with E-state index in [1.807, 2.05) is 11.8 Å². The number of hydrogen-bond acceptors (Lipinski definition) is 2. The van der Waals surface area contributed by atoms with Gasteiger partial charge in [0.1, 0.15) is 0 Å². The van der Waals surface area contributed by atoms with Gasteiger partial charge in [-0.15, -0.1) is 0 Å². The standard InChI is InChI=1S/C13H26N2O/c1-4-12(14)13(16)15(9-10(2)3)11-7-5-6-8-11/h10-12H,4-9,14H2,1-3H3. The summed E-state index contributed by atoms with van der Waals surface area (Å²) in [7, 11) is 0. The van der Waals surface area contributed by atoms with Crippen LogP contribution in [0.4, 0.5) is 0 Å². The number of amides is 1. The molecule has 2 N–H and O–H groups in total. The highest BCUT2D eigenvalue weighted by Gasteiger charge is 2.29. The van der Waals surface area contributed by atoms with Crippen LogP contribution in [0.15, 0.2) is 0 Å². The number of carbonyl (C=O) groups excluding carboxylic acids is 1. The first-order valence-corrected chi connectivity index (χ1v) is 6.62. The van der Waals surface area contributed by atoms with E-state index in [-0.39, 0.29) is 11.9 Å². The lowest BCUT2D eigenvalue weighted by Gasteiger charge is -2.32. The predicted molar refractivity (Wildman–Crippen MR) is 67.1 cm³/mol. The van der Waals surface area contributed by atoms with Gasteiger partial charge in [0.25, 0.3) is 0 Å². The second-order valence-corrected chi connectivity index (χ2v) is 5.34. The van der Waals surface area contributed by atoms with Crippen LogP contribution in [-0.4, -0.2) is 29.4 Å². The lowest BCUT2D eigenvalue weighted by Crippen LogP contribution is -2.49. The van der Waals surface area contributed by atoms with E-state index in [9.17, 15) is 4.79 Å². The van der Waals surface area contributed by atoms with Gasteiger partial charge in [-0.2, -0.15) is 0 Å². The monoisotopic (exact) mass is 226 g/mol. The molecule has 94 valence electrons. The van der Waals surface area contributed by atoms with E-state index in [0.717, 1.165) is 25.8 Å². The Morgan fingerprint density at radius 2 is 1.94 bits per heavy atom. The highest BCUT2D eigenvalue weighted by molar-refractivity contribution is 5.81. The Bertz CT molecular complexity index is 222. The molecule has 1 rings (SSSR count). The Hall–Kier alpha value is -0.570. The van der Waals surface area contributed by atoms with E-state index in [4.69, 9.17) is 5.73 Å². The molecule has 1 aliphatic rings. The molecule has 0 aromatic rings. The van der Waals surface area contributed by atoms with Crippen molar-refractivity contribution in [1.82, 2.24) is 4.90 Å². The quantitative estimate of drug-likeness (QED) is 0.780. The number of hydrogen-bond donors (Lipinski definition) is 1. The molecular weight excluding hydrogens is 200 g/mol. The molecule has 0 aromatic heterocycles. The van der Waals surface area contributed by atoms with Crippen LogP contribution in [0.25, 0.3) is 0 Å². The number of carbonyl (C=O) groups is 1. The van der Waals surface area contributed by atoms with E-state index in [0.29, 0.717) is 12.0 Å². The Labute approximate surface area is 99.4 Å². The molecule has 3 nitrogen and oxygen atoms in total. The van der Waals surface area contributed by atoms with E-state index in [2.05, 4.69) is 13.8 Å². The highest BCUT2D eigenvalue weighted by atomic mass is 16.2. The molecule has 1 fully saturated rings. The normalized spacial score (nSPS) is 19.1. The van der Waals surface area contributed by atoms with Crippen molar-refractivity contribution in [2.75, 3.05) is 6.54 Å². The van der Waals surface area contributed by atoms with Gasteiger partial charge in [-0.25, -0.2) is 0 Å². The summed E-state index contributed by atoms with van der Waals surface area (Å²) in [6, 6.07) is 0.145. The maximum absolute atomic E-state index is 12.2. The van der Waals surface area contributed by atoms with Gasteiger partial charge in [0, 0.05) is 12.6 Å². The number of nitrogens with zero attached hydrogens (tertiary/aromatic N) is 1. The molecule has 0 bridgehead atoms. The minimum absolute atomic E-state index is 0.156. The van der Waals surface area contributed by atoms with E-state index in [1.54, 1.807) is 0 Å². The molecule has 0 heterocycles. The van der Waals surface area contributed by atoms with Crippen molar-refractivity contribution in [2.45, 2.75) is 65.0 Å². The highest BCUT2D eigenvalue weighted by Crippen LogP contribution is 2.24. The molecule has 0 aliphatic heterocycles. The maximum atomic E-state index is 12.2. The van der Waals surface area contributed by atoms with Gasteiger partial charge in [-0.05, 0) is 25.2 Å². The van der Waals surface area contributed by atoms with Gasteiger partial charge in [-0.3, -0.25) is 4.79 Å². The molecule has 0 aromatic carbocycles. The molecular formula is C13H26N2O. The Morgan fingerprint density at radius 1 is 1.38 bits per heavy atom. The summed E-state index contributed by atoms with van der Waals surface area (Å²) < 4.78 is 0. The van der Waals surface area contributed by atoms with Crippen molar-refractivity contribution >= 4 is 5.91 Å². The summed E-state index contributed by atoms with van der Waals surface area (Å²) in [4.78, 5) is 14.2. The lowest BCUT2D eigenvalue weighted by molar-refractivity contribution is -0.135. The zero-order valence-corrected chi connectivity index (χ0v) is 10.9. The summed E-state index contributed by atoms with van der Waals surface area (Å²) in [5.74, 6) is 0.678. The zero-order chi connectivity index (χ0) is 12.1. The van der Waals surface area contributed by atoms with E-state index in [1.165, 1.54) is 12.8 Å². The summed E-state index contributed by atoms with van der Waals surface area (Å²) in [6.45, 7) is 7.15. The van der Waals surface area contributed by atoms with Crippen LogP contribution in [-0.2, 0) is 4.79 Å². The topological polar surface area (TPSA) is 46.3 Å². The minimum atomic E-state index is -0.306. The molecule has 1 aliphatic carbocycles. The van der Waals surface area contributed by atoms with Crippen LogP contribution in [0.1, 0.15) is 52.9 Å². The van der Waals surface area contributed by atoms with Crippen LogP contribution in [0.3, 0.4) is 0 Å². The molecule has 0 spiro atoms. The average molecular weight is 226 g/mol. The Kier molecular flexibility index (Phi) is 5.26. The summed E-state index contributed by atoms with van der Waals surface area (Å²) in [5.41, 5.74) is 5.87. The van der Waals surface area contributed by atoms with Crippen molar-refractivity contribution in [3.05, 3.63) is 0 Å².